The summed E-state index contributed by atoms with van der Waals surface area (Å²) in [5.41, 5.74) is 7.96. The van der Waals surface area contributed by atoms with Gasteiger partial charge in [-0.1, -0.05) is 30.3 Å². The van der Waals surface area contributed by atoms with E-state index in [9.17, 15) is 9.59 Å². The Morgan fingerprint density at radius 3 is 2.57 bits per heavy atom. The topological polar surface area (TPSA) is 111 Å². The highest BCUT2D eigenvalue weighted by molar-refractivity contribution is 7.80. The lowest BCUT2D eigenvalue weighted by molar-refractivity contribution is 0.0603. The third-order valence-corrected chi connectivity index (χ3v) is 5.56. The summed E-state index contributed by atoms with van der Waals surface area (Å²) in [6, 6.07) is 9.58. The molecule has 0 unspecified atom stereocenters. The first kappa shape index (κ1) is 21.5. The van der Waals surface area contributed by atoms with E-state index >= 15 is 0 Å². The fourth-order valence-electron chi connectivity index (χ4n) is 3.00. The van der Waals surface area contributed by atoms with E-state index in [0.717, 1.165) is 16.0 Å². The van der Waals surface area contributed by atoms with E-state index in [4.69, 9.17) is 22.7 Å². The Morgan fingerprint density at radius 2 is 1.97 bits per heavy atom. The molecule has 1 aromatic carbocycles. The fraction of sp³-hybridized carbons (Fsp3) is 0.200. The molecule has 30 heavy (non-hydrogen) atoms. The van der Waals surface area contributed by atoms with Crippen molar-refractivity contribution in [2.75, 3.05) is 17.7 Å². The molecule has 0 aliphatic heterocycles. The van der Waals surface area contributed by atoms with Gasteiger partial charge in [-0.25, -0.2) is 4.79 Å². The van der Waals surface area contributed by atoms with Crippen LogP contribution in [0.5, 0.6) is 0 Å². The smallest absolute Gasteiger partial charge is 0.341 e. The lowest BCUT2D eigenvalue weighted by Crippen LogP contribution is -2.22. The molecule has 156 valence electrons. The van der Waals surface area contributed by atoms with Crippen LogP contribution in [0.15, 0.2) is 36.5 Å². The number of nitrogens with one attached hydrogen (secondary N) is 2. The molecule has 0 spiro atoms. The number of nitrogens with zero attached hydrogens (tertiary/aromatic N) is 2. The summed E-state index contributed by atoms with van der Waals surface area (Å²) in [6.45, 7) is 4.39. The number of anilines is 2. The molecule has 3 aromatic rings. The minimum Gasteiger partial charge on any atom is -0.465 e. The summed E-state index contributed by atoms with van der Waals surface area (Å²) in [7, 11) is 1.34. The number of esters is 1. The number of thiophene rings is 1. The van der Waals surface area contributed by atoms with Gasteiger partial charge in [-0.05, 0) is 31.6 Å². The number of benzene rings is 1. The average Bonchev–Trinajstić information content (AvgIpc) is 3.28. The molecule has 1 amide bonds. The Bertz CT molecular complexity index is 1110. The van der Waals surface area contributed by atoms with Crippen molar-refractivity contribution >= 4 is 51.2 Å². The summed E-state index contributed by atoms with van der Waals surface area (Å²) in [4.78, 5) is 25.2. The number of aromatic nitrogens is 2. The van der Waals surface area contributed by atoms with Crippen LogP contribution >= 0.6 is 23.6 Å². The molecule has 0 saturated heterocycles. The second kappa shape index (κ2) is 9.06. The number of hydrogen-bond acceptors (Lipinski definition) is 6. The van der Waals surface area contributed by atoms with E-state index in [-0.39, 0.29) is 10.8 Å². The first-order valence-corrected chi connectivity index (χ1v) is 10.3. The summed E-state index contributed by atoms with van der Waals surface area (Å²) in [6.07, 6.45) is 1.64. The van der Waals surface area contributed by atoms with Crippen molar-refractivity contribution < 1.29 is 14.3 Å². The maximum atomic E-state index is 12.6. The molecule has 0 saturated carbocycles. The van der Waals surface area contributed by atoms with Crippen molar-refractivity contribution in [1.82, 2.24) is 9.78 Å². The predicted octanol–water partition coefficient (Wildman–Crippen LogP) is 3.63. The molecule has 10 heteroatoms. The molecule has 0 radical (unpaired) electrons. The van der Waals surface area contributed by atoms with Crippen LogP contribution in [0.3, 0.4) is 0 Å². The Labute approximate surface area is 183 Å². The molecular formula is C20H21N5O3S2. The SMILES string of the molecule is CCn1cc(NC(=S)Nc2sc(C)c(-c3ccccc3)c2C(=O)OC)c(C(N)=O)n1. The van der Waals surface area contributed by atoms with Crippen LogP contribution in [-0.4, -0.2) is 33.9 Å². The van der Waals surface area contributed by atoms with Crippen LogP contribution < -0.4 is 16.4 Å². The third kappa shape index (κ3) is 4.34. The normalized spacial score (nSPS) is 10.5. The van der Waals surface area contributed by atoms with E-state index in [2.05, 4.69) is 15.7 Å². The van der Waals surface area contributed by atoms with E-state index in [1.165, 1.54) is 18.4 Å². The Balaban J connectivity index is 1.94. The minimum absolute atomic E-state index is 0.0847. The zero-order chi connectivity index (χ0) is 21.8. The van der Waals surface area contributed by atoms with Gasteiger partial charge >= 0.3 is 5.97 Å². The summed E-state index contributed by atoms with van der Waals surface area (Å²) >= 11 is 6.79. The van der Waals surface area contributed by atoms with Gasteiger partial charge in [-0.2, -0.15) is 5.10 Å². The highest BCUT2D eigenvalue weighted by atomic mass is 32.1. The van der Waals surface area contributed by atoms with Gasteiger partial charge in [-0.15, -0.1) is 11.3 Å². The standard InChI is InChI=1S/C20H21N5O3S2/c1-4-25-10-13(16(24-25)17(21)26)22-20(29)23-18-15(19(27)28-3)14(11(2)30-18)12-8-6-5-7-9-12/h5-10H,4H2,1-3H3,(H2,21,26)(H2,22,23,29). The zero-order valence-electron chi connectivity index (χ0n) is 16.7. The first-order chi connectivity index (χ1) is 14.3. The molecule has 2 aromatic heterocycles. The predicted molar refractivity (Wildman–Crippen MR) is 122 cm³/mol. The van der Waals surface area contributed by atoms with Gasteiger partial charge in [0.05, 0.1) is 12.8 Å². The number of thiocarbonyl (C=S) groups is 1. The summed E-state index contributed by atoms with van der Waals surface area (Å²) in [5.74, 6) is -1.14. The monoisotopic (exact) mass is 443 g/mol. The van der Waals surface area contributed by atoms with Gasteiger partial charge in [0.2, 0.25) is 0 Å². The van der Waals surface area contributed by atoms with Crippen molar-refractivity contribution in [2.24, 2.45) is 5.73 Å². The van der Waals surface area contributed by atoms with Crippen molar-refractivity contribution in [3.63, 3.8) is 0 Å². The van der Waals surface area contributed by atoms with Crippen LogP contribution in [-0.2, 0) is 11.3 Å². The molecule has 0 fully saturated rings. The summed E-state index contributed by atoms with van der Waals surface area (Å²) in [5, 5.41) is 10.8. The number of aryl methyl sites for hydroxylation is 2. The Hall–Kier alpha value is -3.24. The van der Waals surface area contributed by atoms with Gasteiger partial charge in [0.25, 0.3) is 5.91 Å². The fourth-order valence-corrected chi connectivity index (χ4v) is 4.34. The molecule has 3 rings (SSSR count). The van der Waals surface area contributed by atoms with Crippen molar-refractivity contribution in [3.05, 3.63) is 52.7 Å². The number of rotatable bonds is 6. The maximum absolute atomic E-state index is 12.6. The molecule has 8 nitrogen and oxygen atoms in total. The van der Waals surface area contributed by atoms with Crippen LogP contribution in [0.2, 0.25) is 0 Å². The number of ether oxygens (including phenoxy) is 1. The second-order valence-corrected chi connectivity index (χ2v) is 7.92. The Morgan fingerprint density at radius 1 is 1.27 bits per heavy atom. The lowest BCUT2D eigenvalue weighted by atomic mass is 10.0. The molecule has 0 bridgehead atoms. The highest BCUT2D eigenvalue weighted by Gasteiger charge is 2.25. The second-order valence-electron chi connectivity index (χ2n) is 6.29. The van der Waals surface area contributed by atoms with Crippen molar-refractivity contribution in [3.8, 4) is 11.1 Å². The molecule has 0 aliphatic carbocycles. The number of carbonyl (C=O) groups is 2. The number of amides is 1. The molecule has 4 N–H and O–H groups in total. The quantitative estimate of drug-likeness (QED) is 0.394. The van der Waals surface area contributed by atoms with E-state index in [0.29, 0.717) is 22.8 Å². The van der Waals surface area contributed by atoms with Crippen LogP contribution in [0.1, 0.15) is 32.6 Å². The van der Waals surface area contributed by atoms with Crippen LogP contribution in [0, 0.1) is 6.92 Å². The number of carbonyl (C=O) groups excluding carboxylic acids is 2. The first-order valence-electron chi connectivity index (χ1n) is 9.08. The number of hydrogen-bond donors (Lipinski definition) is 3. The number of nitrogens with two attached hydrogens (primary N) is 1. The van der Waals surface area contributed by atoms with E-state index in [1.807, 2.05) is 44.2 Å². The van der Waals surface area contributed by atoms with E-state index < -0.39 is 11.9 Å². The summed E-state index contributed by atoms with van der Waals surface area (Å²) < 4.78 is 6.59. The molecule has 2 heterocycles. The Kier molecular flexibility index (Phi) is 6.48. The maximum Gasteiger partial charge on any atom is 0.341 e. The number of methoxy groups -OCH3 is 1. The lowest BCUT2D eigenvalue weighted by Gasteiger charge is -2.11. The molecule has 0 aliphatic rings. The zero-order valence-corrected chi connectivity index (χ0v) is 18.3. The van der Waals surface area contributed by atoms with Crippen molar-refractivity contribution in [2.45, 2.75) is 20.4 Å². The van der Waals surface area contributed by atoms with Crippen LogP contribution in [0.25, 0.3) is 11.1 Å². The van der Waals surface area contributed by atoms with Gasteiger partial charge in [0.1, 0.15) is 10.6 Å². The molecular weight excluding hydrogens is 422 g/mol. The van der Waals surface area contributed by atoms with Gasteiger partial charge in [-0.3, -0.25) is 9.48 Å². The minimum atomic E-state index is -0.666. The van der Waals surface area contributed by atoms with Gasteiger partial charge in [0.15, 0.2) is 10.8 Å². The molecule has 0 atom stereocenters. The number of primary amides is 1. The van der Waals surface area contributed by atoms with E-state index in [1.54, 1.807) is 10.9 Å². The highest BCUT2D eigenvalue weighted by Crippen LogP contribution is 2.40. The largest absolute Gasteiger partial charge is 0.465 e. The average molecular weight is 444 g/mol. The van der Waals surface area contributed by atoms with Gasteiger partial charge < -0.3 is 21.1 Å². The van der Waals surface area contributed by atoms with Gasteiger partial charge in [0, 0.05) is 23.2 Å². The van der Waals surface area contributed by atoms with Crippen LogP contribution in [0.4, 0.5) is 10.7 Å². The van der Waals surface area contributed by atoms with Crippen molar-refractivity contribution in [1.29, 1.82) is 0 Å². The third-order valence-electron chi connectivity index (χ3n) is 4.33.